The Morgan fingerprint density at radius 2 is 1.85 bits per heavy atom. The number of nitrogens with one attached hydrogen (secondary N) is 2. The number of pyridine rings is 1. The molecule has 0 saturated carbocycles. The van der Waals surface area contributed by atoms with E-state index in [1.54, 1.807) is 19.3 Å². The number of hydrogen-bond acceptors (Lipinski definition) is 4. The van der Waals surface area contributed by atoms with Crippen LogP contribution in [0.4, 0.5) is 5.82 Å². The average Bonchev–Trinajstić information content (AvgIpc) is 2.48. The molecule has 106 valence electrons. The predicted molar refractivity (Wildman–Crippen MR) is 79.1 cm³/mol. The monoisotopic (exact) mass is 291 g/mol. The molecule has 0 aliphatic rings. The molecule has 0 aliphatic heterocycles. The highest BCUT2D eigenvalue weighted by Gasteiger charge is 2.17. The van der Waals surface area contributed by atoms with Crippen molar-refractivity contribution in [2.75, 3.05) is 18.9 Å². The molecule has 20 heavy (non-hydrogen) atoms. The minimum absolute atomic E-state index is 0.163. The third-order valence-electron chi connectivity index (χ3n) is 2.85. The van der Waals surface area contributed by atoms with E-state index in [1.807, 2.05) is 30.3 Å². The van der Waals surface area contributed by atoms with Gasteiger partial charge in [0.25, 0.3) is 0 Å². The average molecular weight is 291 g/mol. The molecule has 2 N–H and O–H groups in total. The molecule has 0 bridgehead atoms. The van der Waals surface area contributed by atoms with Crippen molar-refractivity contribution in [3.63, 3.8) is 0 Å². The Bertz CT molecular complexity index is 657. The predicted octanol–water partition coefficient (Wildman–Crippen LogP) is 1.64. The van der Waals surface area contributed by atoms with E-state index in [2.05, 4.69) is 15.0 Å². The van der Waals surface area contributed by atoms with Crippen LogP contribution >= 0.6 is 0 Å². The first-order valence-electron chi connectivity index (χ1n) is 6.30. The fourth-order valence-electron chi connectivity index (χ4n) is 1.85. The molecule has 0 saturated heterocycles. The second kappa shape index (κ2) is 6.49. The van der Waals surface area contributed by atoms with Gasteiger partial charge in [-0.25, -0.2) is 18.1 Å². The van der Waals surface area contributed by atoms with Crippen LogP contribution in [0.3, 0.4) is 0 Å². The van der Waals surface area contributed by atoms with Gasteiger partial charge in [0.2, 0.25) is 10.0 Å². The number of nitrogens with zero attached hydrogens (tertiary/aromatic N) is 1. The third kappa shape index (κ3) is 3.55. The van der Waals surface area contributed by atoms with E-state index in [4.69, 9.17) is 0 Å². The minimum Gasteiger partial charge on any atom is -0.372 e. The molecule has 0 atom stereocenters. The highest BCUT2D eigenvalue weighted by molar-refractivity contribution is 7.89. The van der Waals surface area contributed by atoms with Crippen LogP contribution in [-0.4, -0.2) is 27.0 Å². The van der Waals surface area contributed by atoms with Crippen molar-refractivity contribution < 1.29 is 8.42 Å². The Balaban J connectivity index is 2.04. The smallest absolute Gasteiger partial charge is 0.244 e. The molecule has 0 amide bonds. The maximum absolute atomic E-state index is 12.2. The Hall–Kier alpha value is -1.92. The van der Waals surface area contributed by atoms with Gasteiger partial charge in [0.05, 0.1) is 0 Å². The van der Waals surface area contributed by atoms with Gasteiger partial charge in [-0.3, -0.25) is 0 Å². The van der Waals surface area contributed by atoms with E-state index in [9.17, 15) is 8.42 Å². The fourth-order valence-corrected chi connectivity index (χ4v) is 3.04. The van der Waals surface area contributed by atoms with Crippen molar-refractivity contribution in [1.82, 2.24) is 9.71 Å². The lowest BCUT2D eigenvalue weighted by Crippen LogP contribution is -2.26. The summed E-state index contributed by atoms with van der Waals surface area (Å²) < 4.78 is 27.0. The van der Waals surface area contributed by atoms with Gasteiger partial charge in [-0.1, -0.05) is 30.3 Å². The lowest BCUT2D eigenvalue weighted by atomic mass is 10.2. The molecule has 1 aromatic heterocycles. The molecule has 5 nitrogen and oxygen atoms in total. The first-order valence-corrected chi connectivity index (χ1v) is 7.78. The van der Waals surface area contributed by atoms with Gasteiger partial charge in [0.15, 0.2) is 0 Å². The topological polar surface area (TPSA) is 71.1 Å². The van der Waals surface area contributed by atoms with E-state index in [1.165, 1.54) is 6.07 Å². The van der Waals surface area contributed by atoms with Gasteiger partial charge in [-0.15, -0.1) is 0 Å². The Labute approximate surface area is 119 Å². The number of rotatable bonds is 6. The van der Waals surface area contributed by atoms with Crippen LogP contribution in [0, 0.1) is 0 Å². The van der Waals surface area contributed by atoms with Crippen LogP contribution < -0.4 is 10.0 Å². The zero-order valence-electron chi connectivity index (χ0n) is 11.2. The first kappa shape index (κ1) is 14.5. The van der Waals surface area contributed by atoms with Crippen LogP contribution in [0.25, 0.3) is 0 Å². The number of hydrogen-bond donors (Lipinski definition) is 2. The molecule has 2 aromatic rings. The van der Waals surface area contributed by atoms with Crippen molar-refractivity contribution in [2.45, 2.75) is 11.3 Å². The maximum Gasteiger partial charge on any atom is 0.244 e. The number of benzene rings is 1. The van der Waals surface area contributed by atoms with Crippen molar-refractivity contribution in [1.29, 1.82) is 0 Å². The van der Waals surface area contributed by atoms with Gasteiger partial charge in [-0.05, 0) is 24.1 Å². The summed E-state index contributed by atoms with van der Waals surface area (Å²) in [6.45, 7) is 0.352. The zero-order chi connectivity index (χ0) is 14.4. The summed E-state index contributed by atoms with van der Waals surface area (Å²) >= 11 is 0. The summed E-state index contributed by atoms with van der Waals surface area (Å²) in [5, 5.41) is 2.78. The van der Waals surface area contributed by atoms with Gasteiger partial charge in [0, 0.05) is 19.8 Å². The van der Waals surface area contributed by atoms with E-state index in [-0.39, 0.29) is 4.90 Å². The van der Waals surface area contributed by atoms with Crippen LogP contribution in [0.2, 0.25) is 0 Å². The van der Waals surface area contributed by atoms with Gasteiger partial charge in [0.1, 0.15) is 10.7 Å². The summed E-state index contributed by atoms with van der Waals surface area (Å²) in [6, 6.07) is 12.9. The molecule has 6 heteroatoms. The first-order chi connectivity index (χ1) is 9.63. The molecule has 2 rings (SSSR count). The molecule has 0 radical (unpaired) electrons. The van der Waals surface area contributed by atoms with Crippen LogP contribution in [0.1, 0.15) is 5.56 Å². The standard InChI is InChI=1S/C14H17N3O2S/c1-15-14-13(8-5-10-16-14)20(18,19)17-11-9-12-6-3-2-4-7-12/h2-8,10,17H,9,11H2,1H3,(H,15,16). The Kier molecular flexibility index (Phi) is 4.70. The summed E-state index contributed by atoms with van der Waals surface area (Å²) in [4.78, 5) is 4.16. The molecule has 0 unspecified atom stereocenters. The highest BCUT2D eigenvalue weighted by atomic mass is 32.2. The Morgan fingerprint density at radius 3 is 2.55 bits per heavy atom. The summed E-state index contributed by atoms with van der Waals surface area (Å²) in [6.07, 6.45) is 2.20. The second-order valence-electron chi connectivity index (χ2n) is 4.23. The summed E-state index contributed by atoms with van der Waals surface area (Å²) in [7, 11) is -1.90. The highest BCUT2D eigenvalue weighted by Crippen LogP contribution is 2.16. The fraction of sp³-hybridized carbons (Fsp3) is 0.214. The van der Waals surface area contributed by atoms with Gasteiger partial charge < -0.3 is 5.32 Å². The van der Waals surface area contributed by atoms with E-state index >= 15 is 0 Å². The lowest BCUT2D eigenvalue weighted by molar-refractivity contribution is 0.581. The normalized spacial score (nSPS) is 11.2. The van der Waals surface area contributed by atoms with Crippen molar-refractivity contribution in [3.05, 3.63) is 54.2 Å². The van der Waals surface area contributed by atoms with Crippen LogP contribution in [0.15, 0.2) is 53.6 Å². The summed E-state index contributed by atoms with van der Waals surface area (Å²) in [5.41, 5.74) is 1.09. The quantitative estimate of drug-likeness (QED) is 0.849. The van der Waals surface area contributed by atoms with Crippen LogP contribution in [-0.2, 0) is 16.4 Å². The minimum atomic E-state index is -3.55. The maximum atomic E-state index is 12.2. The van der Waals surface area contributed by atoms with Gasteiger partial charge >= 0.3 is 0 Å². The Morgan fingerprint density at radius 1 is 1.10 bits per heavy atom. The van der Waals surface area contributed by atoms with E-state index in [0.717, 1.165) is 5.56 Å². The van der Waals surface area contributed by atoms with Crippen molar-refractivity contribution >= 4 is 15.8 Å². The molecular formula is C14H17N3O2S. The molecule has 0 spiro atoms. The number of aromatic nitrogens is 1. The lowest BCUT2D eigenvalue weighted by Gasteiger charge is -2.10. The third-order valence-corrected chi connectivity index (χ3v) is 4.34. The summed E-state index contributed by atoms with van der Waals surface area (Å²) in [5.74, 6) is 0.347. The largest absolute Gasteiger partial charge is 0.372 e. The van der Waals surface area contributed by atoms with E-state index in [0.29, 0.717) is 18.8 Å². The molecular weight excluding hydrogens is 274 g/mol. The number of sulfonamides is 1. The van der Waals surface area contributed by atoms with Crippen LogP contribution in [0.5, 0.6) is 0 Å². The zero-order valence-corrected chi connectivity index (χ0v) is 12.0. The van der Waals surface area contributed by atoms with Gasteiger partial charge in [-0.2, -0.15) is 0 Å². The molecule has 1 aromatic carbocycles. The SMILES string of the molecule is CNc1ncccc1S(=O)(=O)NCCc1ccccc1. The number of anilines is 1. The molecule has 1 heterocycles. The van der Waals surface area contributed by atoms with E-state index < -0.39 is 10.0 Å². The molecule has 0 aliphatic carbocycles. The second-order valence-corrected chi connectivity index (χ2v) is 5.97. The molecule has 0 fully saturated rings. The van der Waals surface area contributed by atoms with Crippen molar-refractivity contribution in [2.24, 2.45) is 0 Å². The van der Waals surface area contributed by atoms with Crippen molar-refractivity contribution in [3.8, 4) is 0 Å².